The van der Waals surface area contributed by atoms with Crippen LogP contribution in [0.3, 0.4) is 0 Å². The van der Waals surface area contributed by atoms with Crippen LogP contribution in [0.15, 0.2) is 42.5 Å². The van der Waals surface area contributed by atoms with Crippen molar-refractivity contribution in [3.8, 4) is 11.5 Å². The summed E-state index contributed by atoms with van der Waals surface area (Å²) in [5.41, 5.74) is -0.0475. The third-order valence-electron chi connectivity index (χ3n) is 3.49. The van der Waals surface area contributed by atoms with Crippen LogP contribution in [-0.2, 0) is 9.53 Å². The number of hydrogen-bond acceptors (Lipinski definition) is 7. The minimum absolute atomic E-state index is 0.0215. The Labute approximate surface area is 161 Å². The lowest BCUT2D eigenvalue weighted by molar-refractivity contribution is -0.383. The molecule has 0 aromatic heterocycles. The van der Waals surface area contributed by atoms with E-state index in [0.29, 0.717) is 24.7 Å². The highest BCUT2D eigenvalue weighted by Gasteiger charge is 2.17. The number of ether oxygens (including phenoxy) is 3. The highest BCUT2D eigenvalue weighted by Crippen LogP contribution is 2.29. The first kappa shape index (κ1) is 20.7. The number of esters is 1. The van der Waals surface area contributed by atoms with E-state index in [1.165, 1.54) is 30.3 Å². The van der Waals surface area contributed by atoms with Crippen LogP contribution >= 0.6 is 0 Å². The molecule has 0 saturated heterocycles. The molecule has 0 fully saturated rings. The maximum absolute atomic E-state index is 12.2. The Morgan fingerprint density at radius 3 is 2.39 bits per heavy atom. The van der Waals surface area contributed by atoms with Gasteiger partial charge in [0.15, 0.2) is 18.1 Å². The average Bonchev–Trinajstić information content (AvgIpc) is 2.68. The molecule has 0 heterocycles. The Bertz CT molecular complexity index is 867. The van der Waals surface area contributed by atoms with Gasteiger partial charge in [0, 0.05) is 6.07 Å². The summed E-state index contributed by atoms with van der Waals surface area (Å²) in [6.07, 6.45) is 0. The number of carbonyl (C=O) groups excluding carboxylic acids is 2. The van der Waals surface area contributed by atoms with Gasteiger partial charge in [-0.2, -0.15) is 0 Å². The first-order valence-corrected chi connectivity index (χ1v) is 8.56. The van der Waals surface area contributed by atoms with E-state index in [-0.39, 0.29) is 16.9 Å². The number of nitro benzene ring substituents is 1. The second-order valence-electron chi connectivity index (χ2n) is 5.43. The Morgan fingerprint density at radius 1 is 1.04 bits per heavy atom. The summed E-state index contributed by atoms with van der Waals surface area (Å²) < 4.78 is 15.8. The number of nitrogens with one attached hydrogen (secondary N) is 1. The monoisotopic (exact) mass is 388 g/mol. The van der Waals surface area contributed by atoms with Crippen molar-refractivity contribution in [1.29, 1.82) is 0 Å². The van der Waals surface area contributed by atoms with Gasteiger partial charge in [-0.1, -0.05) is 12.1 Å². The van der Waals surface area contributed by atoms with E-state index in [1.807, 2.05) is 6.92 Å². The van der Waals surface area contributed by atoms with Crippen LogP contribution in [0.25, 0.3) is 0 Å². The van der Waals surface area contributed by atoms with E-state index in [1.54, 1.807) is 19.1 Å². The van der Waals surface area contributed by atoms with Crippen molar-refractivity contribution in [3.63, 3.8) is 0 Å². The predicted octanol–water partition coefficient (Wildman–Crippen LogP) is 3.19. The van der Waals surface area contributed by atoms with Crippen molar-refractivity contribution < 1.29 is 28.7 Å². The molecule has 0 unspecified atom stereocenters. The lowest BCUT2D eigenvalue weighted by Gasteiger charge is -2.12. The van der Waals surface area contributed by atoms with Crippen LogP contribution in [0.4, 0.5) is 11.4 Å². The van der Waals surface area contributed by atoms with Crippen molar-refractivity contribution in [2.75, 3.05) is 25.1 Å². The number of carbonyl (C=O) groups is 2. The molecule has 0 saturated carbocycles. The summed E-state index contributed by atoms with van der Waals surface area (Å²) in [4.78, 5) is 34.5. The van der Waals surface area contributed by atoms with Crippen molar-refractivity contribution in [1.82, 2.24) is 0 Å². The maximum atomic E-state index is 12.2. The number of benzene rings is 2. The standard InChI is InChI=1S/C19H20N2O7/c1-3-26-16-10-9-13(11-17(16)27-4-2)19(23)28-12-18(22)20-14-7-5-6-8-15(14)21(24)25/h5-11H,3-4,12H2,1-2H3,(H,20,22). The van der Waals surface area contributed by atoms with Crippen LogP contribution in [0.1, 0.15) is 24.2 Å². The molecule has 1 amide bonds. The van der Waals surface area contributed by atoms with Gasteiger partial charge in [-0.3, -0.25) is 14.9 Å². The van der Waals surface area contributed by atoms with Gasteiger partial charge in [0.1, 0.15) is 5.69 Å². The van der Waals surface area contributed by atoms with Gasteiger partial charge in [0.25, 0.3) is 11.6 Å². The van der Waals surface area contributed by atoms with E-state index in [4.69, 9.17) is 14.2 Å². The summed E-state index contributed by atoms with van der Waals surface area (Å²) in [5.74, 6) is -0.543. The predicted molar refractivity (Wildman–Crippen MR) is 101 cm³/mol. The molecule has 2 aromatic carbocycles. The molecule has 0 atom stereocenters. The SMILES string of the molecule is CCOc1ccc(C(=O)OCC(=O)Nc2ccccc2[N+](=O)[O-])cc1OCC. The fourth-order valence-corrected chi connectivity index (χ4v) is 2.32. The second-order valence-corrected chi connectivity index (χ2v) is 5.43. The largest absolute Gasteiger partial charge is 0.490 e. The molecule has 0 spiro atoms. The van der Waals surface area contributed by atoms with Crippen molar-refractivity contribution in [2.45, 2.75) is 13.8 Å². The summed E-state index contributed by atoms with van der Waals surface area (Å²) in [6.45, 7) is 3.86. The Kier molecular flexibility index (Phi) is 7.32. The number of para-hydroxylation sites is 2. The lowest BCUT2D eigenvalue weighted by Crippen LogP contribution is -2.21. The zero-order valence-electron chi connectivity index (χ0n) is 15.5. The zero-order chi connectivity index (χ0) is 20.5. The zero-order valence-corrected chi connectivity index (χ0v) is 15.5. The molecular formula is C19H20N2O7. The summed E-state index contributed by atoms with van der Waals surface area (Å²) in [7, 11) is 0. The van der Waals surface area contributed by atoms with Crippen LogP contribution in [0.2, 0.25) is 0 Å². The van der Waals surface area contributed by atoms with Gasteiger partial charge < -0.3 is 19.5 Å². The number of anilines is 1. The van der Waals surface area contributed by atoms with Gasteiger partial charge in [-0.25, -0.2) is 4.79 Å². The molecule has 9 heteroatoms. The molecule has 9 nitrogen and oxygen atoms in total. The van der Waals surface area contributed by atoms with Gasteiger partial charge in [0.05, 0.1) is 23.7 Å². The van der Waals surface area contributed by atoms with Crippen molar-refractivity contribution in [2.24, 2.45) is 0 Å². The Morgan fingerprint density at radius 2 is 1.71 bits per heavy atom. The molecule has 0 aliphatic heterocycles. The molecule has 0 bridgehead atoms. The Hall–Kier alpha value is -3.62. The van der Waals surface area contributed by atoms with E-state index >= 15 is 0 Å². The van der Waals surface area contributed by atoms with Crippen molar-refractivity contribution >= 4 is 23.3 Å². The fourth-order valence-electron chi connectivity index (χ4n) is 2.32. The highest BCUT2D eigenvalue weighted by atomic mass is 16.6. The minimum Gasteiger partial charge on any atom is -0.490 e. The quantitative estimate of drug-likeness (QED) is 0.398. The molecule has 0 radical (unpaired) electrons. The smallest absolute Gasteiger partial charge is 0.338 e. The molecule has 0 aliphatic carbocycles. The maximum Gasteiger partial charge on any atom is 0.338 e. The first-order valence-electron chi connectivity index (χ1n) is 8.56. The van der Waals surface area contributed by atoms with E-state index in [9.17, 15) is 19.7 Å². The summed E-state index contributed by atoms with van der Waals surface area (Å²) >= 11 is 0. The topological polar surface area (TPSA) is 117 Å². The van der Waals surface area contributed by atoms with Crippen LogP contribution in [-0.4, -0.2) is 36.6 Å². The third kappa shape index (κ3) is 5.44. The van der Waals surface area contributed by atoms with Crippen molar-refractivity contribution in [3.05, 3.63) is 58.1 Å². The third-order valence-corrected chi connectivity index (χ3v) is 3.49. The molecule has 1 N–H and O–H groups in total. The van der Waals surface area contributed by atoms with Gasteiger partial charge in [-0.05, 0) is 38.1 Å². The van der Waals surface area contributed by atoms with Crippen LogP contribution < -0.4 is 14.8 Å². The van der Waals surface area contributed by atoms with Gasteiger partial charge in [-0.15, -0.1) is 0 Å². The van der Waals surface area contributed by atoms with E-state index in [2.05, 4.69) is 5.32 Å². The fraction of sp³-hybridized carbons (Fsp3) is 0.263. The molecule has 2 rings (SSSR count). The van der Waals surface area contributed by atoms with Crippen LogP contribution in [0, 0.1) is 10.1 Å². The molecule has 0 aliphatic rings. The number of hydrogen-bond donors (Lipinski definition) is 1. The normalized spacial score (nSPS) is 10.1. The number of rotatable bonds is 9. The molecule has 28 heavy (non-hydrogen) atoms. The number of amides is 1. The average molecular weight is 388 g/mol. The molecule has 2 aromatic rings. The first-order chi connectivity index (χ1) is 13.5. The number of nitrogens with zero attached hydrogens (tertiary/aromatic N) is 1. The molecule has 148 valence electrons. The van der Waals surface area contributed by atoms with E-state index in [0.717, 1.165) is 0 Å². The number of nitro groups is 1. The van der Waals surface area contributed by atoms with Gasteiger partial charge >= 0.3 is 5.97 Å². The second kappa shape index (κ2) is 9.91. The summed E-state index contributed by atoms with van der Waals surface area (Å²) in [6, 6.07) is 10.2. The Balaban J connectivity index is 2.01. The highest BCUT2D eigenvalue weighted by molar-refractivity contribution is 5.97. The van der Waals surface area contributed by atoms with Gasteiger partial charge in [0.2, 0.25) is 0 Å². The molecular weight excluding hydrogens is 368 g/mol. The minimum atomic E-state index is -0.735. The van der Waals surface area contributed by atoms with Crippen LogP contribution in [0.5, 0.6) is 11.5 Å². The summed E-state index contributed by atoms with van der Waals surface area (Å²) in [5, 5.41) is 13.3. The van der Waals surface area contributed by atoms with E-state index < -0.39 is 23.4 Å². The lowest BCUT2D eigenvalue weighted by atomic mass is 10.2.